The molecule has 0 atom stereocenters. The Morgan fingerprint density at radius 2 is 2.31 bits per heavy atom. The quantitative estimate of drug-likeness (QED) is 0.630. The second-order valence-electron chi connectivity index (χ2n) is 3.79. The van der Waals surface area contributed by atoms with Crippen molar-refractivity contribution in [3.8, 4) is 0 Å². The molecule has 0 fully saturated rings. The number of hydrogen-bond donors (Lipinski definition) is 1. The van der Waals surface area contributed by atoms with Crippen LogP contribution < -0.4 is 5.32 Å². The molecule has 2 aliphatic rings. The summed E-state index contributed by atoms with van der Waals surface area (Å²) in [7, 11) is 0. The highest BCUT2D eigenvalue weighted by molar-refractivity contribution is 5.98. The van der Waals surface area contributed by atoms with Gasteiger partial charge in [-0.05, 0) is 25.3 Å². The van der Waals surface area contributed by atoms with Crippen LogP contribution in [0.5, 0.6) is 0 Å². The molecule has 1 amide bonds. The van der Waals surface area contributed by atoms with Crippen molar-refractivity contribution in [2.75, 3.05) is 0 Å². The average Bonchev–Trinajstić information content (AvgIpc) is 2.67. The number of aromatic nitrogens is 1. The number of aryl methyl sites for hydroxylation is 1. The Morgan fingerprint density at radius 1 is 1.38 bits per heavy atom. The van der Waals surface area contributed by atoms with Gasteiger partial charge in [0.15, 0.2) is 0 Å². The summed E-state index contributed by atoms with van der Waals surface area (Å²) in [5.41, 5.74) is 3.47. The van der Waals surface area contributed by atoms with E-state index in [-0.39, 0.29) is 5.91 Å². The molecule has 3 heterocycles. The summed E-state index contributed by atoms with van der Waals surface area (Å²) in [6, 6.07) is 2.07. The Morgan fingerprint density at radius 3 is 3.23 bits per heavy atom. The largest absolute Gasteiger partial charge is 0.346 e. The lowest BCUT2D eigenvalue weighted by Gasteiger charge is -2.16. The number of carbonyl (C=O) groups is 1. The van der Waals surface area contributed by atoms with Gasteiger partial charge in [0.05, 0.1) is 17.8 Å². The van der Waals surface area contributed by atoms with E-state index in [1.807, 2.05) is 0 Å². The van der Waals surface area contributed by atoms with Crippen LogP contribution in [0.4, 0.5) is 0 Å². The highest BCUT2D eigenvalue weighted by Gasteiger charge is 2.26. The van der Waals surface area contributed by atoms with Crippen LogP contribution in [-0.2, 0) is 19.5 Å². The van der Waals surface area contributed by atoms with Crippen LogP contribution in [0.1, 0.15) is 34.6 Å². The summed E-state index contributed by atoms with van der Waals surface area (Å²) < 4.78 is 2.32. The number of amides is 1. The maximum Gasteiger partial charge on any atom is 0.253 e. The van der Waals surface area contributed by atoms with E-state index < -0.39 is 0 Å². The van der Waals surface area contributed by atoms with Crippen LogP contribution >= 0.6 is 0 Å². The lowest BCUT2D eigenvalue weighted by atomic mass is 10.1. The lowest BCUT2D eigenvalue weighted by molar-refractivity contribution is 0.0965. The smallest absolute Gasteiger partial charge is 0.253 e. The monoisotopic (exact) mass is 176 g/mol. The van der Waals surface area contributed by atoms with E-state index in [0.717, 1.165) is 25.1 Å². The molecule has 3 rings (SSSR count). The van der Waals surface area contributed by atoms with Gasteiger partial charge in [-0.15, -0.1) is 0 Å². The van der Waals surface area contributed by atoms with E-state index >= 15 is 0 Å². The normalized spacial score (nSPS) is 19.5. The molecular formula is C10H12N2O. The van der Waals surface area contributed by atoms with Crippen LogP contribution in [0, 0.1) is 0 Å². The van der Waals surface area contributed by atoms with Crippen LogP contribution in [0.15, 0.2) is 6.07 Å². The summed E-state index contributed by atoms with van der Waals surface area (Å²) >= 11 is 0. The Kier molecular flexibility index (Phi) is 1.31. The summed E-state index contributed by atoms with van der Waals surface area (Å²) in [5.74, 6) is 0.108. The van der Waals surface area contributed by atoms with Gasteiger partial charge in [-0.25, -0.2) is 0 Å². The van der Waals surface area contributed by atoms with Crippen molar-refractivity contribution in [1.82, 2.24) is 9.88 Å². The number of hydrogen-bond acceptors (Lipinski definition) is 1. The van der Waals surface area contributed by atoms with Crippen LogP contribution in [-0.4, -0.2) is 10.5 Å². The highest BCUT2D eigenvalue weighted by Crippen LogP contribution is 2.25. The third kappa shape index (κ3) is 0.870. The minimum atomic E-state index is 0.108. The van der Waals surface area contributed by atoms with Gasteiger partial charge >= 0.3 is 0 Å². The number of fused-ring (bicyclic) bond motifs is 3. The predicted octanol–water partition coefficient (Wildman–Crippen LogP) is 1.07. The molecule has 2 aliphatic heterocycles. The molecule has 0 bridgehead atoms. The Hall–Kier alpha value is -1.25. The van der Waals surface area contributed by atoms with E-state index in [2.05, 4.69) is 16.0 Å². The third-order valence-corrected chi connectivity index (χ3v) is 3.02. The molecule has 0 radical (unpaired) electrons. The molecule has 0 unspecified atom stereocenters. The number of nitrogens with zero attached hydrogens (tertiary/aromatic N) is 1. The van der Waals surface area contributed by atoms with E-state index in [0.29, 0.717) is 0 Å². The van der Waals surface area contributed by atoms with E-state index in [9.17, 15) is 4.79 Å². The van der Waals surface area contributed by atoms with Crippen molar-refractivity contribution >= 4 is 5.91 Å². The van der Waals surface area contributed by atoms with Crippen molar-refractivity contribution < 1.29 is 4.79 Å². The highest BCUT2D eigenvalue weighted by atomic mass is 16.1. The first-order valence-electron chi connectivity index (χ1n) is 4.86. The van der Waals surface area contributed by atoms with Gasteiger partial charge in [0, 0.05) is 12.2 Å². The molecule has 13 heavy (non-hydrogen) atoms. The van der Waals surface area contributed by atoms with Crippen molar-refractivity contribution in [2.24, 2.45) is 0 Å². The summed E-state index contributed by atoms with van der Waals surface area (Å²) in [6.45, 7) is 1.83. The molecule has 0 saturated carbocycles. The molecule has 0 saturated heterocycles. The molecule has 0 aromatic carbocycles. The Balaban J connectivity index is 2.18. The zero-order valence-corrected chi connectivity index (χ0v) is 7.47. The van der Waals surface area contributed by atoms with Crippen molar-refractivity contribution in [1.29, 1.82) is 0 Å². The fourth-order valence-electron chi connectivity index (χ4n) is 2.35. The summed E-state index contributed by atoms with van der Waals surface area (Å²) in [5, 5.41) is 2.86. The Bertz CT molecular complexity index is 379. The first-order valence-corrected chi connectivity index (χ1v) is 4.86. The van der Waals surface area contributed by atoms with Gasteiger partial charge in [0.25, 0.3) is 5.91 Å². The van der Waals surface area contributed by atoms with E-state index in [1.165, 1.54) is 24.2 Å². The van der Waals surface area contributed by atoms with Crippen LogP contribution in [0.25, 0.3) is 0 Å². The molecule has 0 spiro atoms. The first-order chi connectivity index (χ1) is 6.36. The second kappa shape index (κ2) is 2.37. The van der Waals surface area contributed by atoms with Crippen LogP contribution in [0.2, 0.25) is 0 Å². The van der Waals surface area contributed by atoms with Crippen molar-refractivity contribution in [3.05, 3.63) is 23.0 Å². The lowest BCUT2D eigenvalue weighted by Crippen LogP contribution is -2.16. The zero-order chi connectivity index (χ0) is 8.84. The summed E-state index contributed by atoms with van der Waals surface area (Å²) in [6.07, 6.45) is 3.66. The molecule has 0 aliphatic carbocycles. The van der Waals surface area contributed by atoms with E-state index in [1.54, 1.807) is 0 Å². The maximum absolute atomic E-state index is 11.4. The minimum absolute atomic E-state index is 0.108. The SMILES string of the molecule is O=C1NCc2c1cc1n2CCCC1. The van der Waals surface area contributed by atoms with Gasteiger partial charge in [-0.1, -0.05) is 0 Å². The van der Waals surface area contributed by atoms with Crippen molar-refractivity contribution in [2.45, 2.75) is 32.4 Å². The van der Waals surface area contributed by atoms with Gasteiger partial charge in [-0.2, -0.15) is 0 Å². The zero-order valence-electron chi connectivity index (χ0n) is 7.47. The van der Waals surface area contributed by atoms with Gasteiger partial charge < -0.3 is 9.88 Å². The first kappa shape index (κ1) is 7.18. The van der Waals surface area contributed by atoms with Gasteiger partial charge in [-0.3, -0.25) is 4.79 Å². The standard InChI is InChI=1S/C10H12N2O/c13-10-8-5-7-3-1-2-4-12(7)9(8)6-11-10/h5H,1-4,6H2,(H,11,13). The van der Waals surface area contributed by atoms with Gasteiger partial charge in [0.2, 0.25) is 0 Å². The molecule has 1 N–H and O–H groups in total. The van der Waals surface area contributed by atoms with E-state index in [4.69, 9.17) is 0 Å². The third-order valence-electron chi connectivity index (χ3n) is 3.02. The average molecular weight is 176 g/mol. The maximum atomic E-state index is 11.4. The van der Waals surface area contributed by atoms with Gasteiger partial charge in [0.1, 0.15) is 0 Å². The van der Waals surface area contributed by atoms with Crippen LogP contribution in [0.3, 0.4) is 0 Å². The van der Waals surface area contributed by atoms with Crippen molar-refractivity contribution in [3.63, 3.8) is 0 Å². The number of rotatable bonds is 0. The predicted molar refractivity (Wildman–Crippen MR) is 48.5 cm³/mol. The summed E-state index contributed by atoms with van der Waals surface area (Å²) in [4.78, 5) is 11.4. The number of nitrogens with one attached hydrogen (secondary N) is 1. The fraction of sp³-hybridized carbons (Fsp3) is 0.500. The fourth-order valence-corrected chi connectivity index (χ4v) is 2.35. The molecule has 68 valence electrons. The number of carbonyl (C=O) groups excluding carboxylic acids is 1. The molecule has 3 nitrogen and oxygen atoms in total. The molecule has 3 heteroatoms. The minimum Gasteiger partial charge on any atom is -0.346 e. The Labute approximate surface area is 76.7 Å². The second-order valence-corrected chi connectivity index (χ2v) is 3.79. The molecular weight excluding hydrogens is 164 g/mol. The molecule has 1 aromatic heterocycles. The molecule has 1 aromatic rings. The topological polar surface area (TPSA) is 34.0 Å².